The van der Waals surface area contributed by atoms with Gasteiger partial charge in [-0.05, 0) is 69.6 Å². The molecule has 1 aliphatic carbocycles. The van der Waals surface area contributed by atoms with Crippen LogP contribution in [0.3, 0.4) is 0 Å². The number of hydrogen-bond donors (Lipinski definition) is 1. The molecule has 1 aromatic carbocycles. The van der Waals surface area contributed by atoms with Gasteiger partial charge in [-0.1, -0.05) is 25.5 Å². The van der Waals surface area contributed by atoms with Crippen molar-refractivity contribution < 1.29 is 27.5 Å². The van der Waals surface area contributed by atoms with Crippen molar-refractivity contribution in [3.05, 3.63) is 35.4 Å². The number of halogens is 3. The van der Waals surface area contributed by atoms with Gasteiger partial charge in [0.2, 0.25) is 0 Å². The third kappa shape index (κ3) is 6.90. The zero-order valence-electron chi connectivity index (χ0n) is 21.3. The van der Waals surface area contributed by atoms with Gasteiger partial charge >= 0.3 is 12.3 Å². The number of hydrogen-bond acceptors (Lipinski definition) is 4. The Labute approximate surface area is 206 Å². The Morgan fingerprint density at radius 2 is 1.80 bits per heavy atom. The van der Waals surface area contributed by atoms with E-state index in [0.29, 0.717) is 25.3 Å². The van der Waals surface area contributed by atoms with Crippen molar-refractivity contribution in [3.8, 4) is 0 Å². The number of carbonyl (C=O) groups excluding carboxylic acids is 2. The highest BCUT2D eigenvalue weighted by Crippen LogP contribution is 2.39. The number of alkyl halides is 3. The number of likely N-dealkylation sites (tertiary alicyclic amines) is 1. The predicted octanol–water partition coefficient (Wildman–Crippen LogP) is 5.07. The molecule has 1 saturated heterocycles. The maximum atomic E-state index is 13.1. The molecular weight excluding hydrogens is 459 g/mol. The zero-order valence-corrected chi connectivity index (χ0v) is 21.3. The van der Waals surface area contributed by atoms with Gasteiger partial charge in [0.1, 0.15) is 0 Å². The van der Waals surface area contributed by atoms with Gasteiger partial charge in [0.15, 0.2) is 6.10 Å². The average Bonchev–Trinajstić information content (AvgIpc) is 3.32. The fourth-order valence-corrected chi connectivity index (χ4v) is 4.98. The second-order valence-electron chi connectivity index (χ2n) is 10.9. The van der Waals surface area contributed by atoms with Crippen molar-refractivity contribution in [2.75, 3.05) is 20.1 Å². The predicted molar refractivity (Wildman–Crippen MR) is 128 cm³/mol. The lowest BCUT2D eigenvalue weighted by Crippen LogP contribution is -2.49. The van der Waals surface area contributed by atoms with Crippen LogP contribution in [0.1, 0.15) is 64.5 Å². The molecule has 0 spiro atoms. The molecule has 3 rings (SSSR count). The normalized spacial score (nSPS) is 23.6. The van der Waals surface area contributed by atoms with Gasteiger partial charge in [-0.3, -0.25) is 9.69 Å². The highest BCUT2D eigenvalue weighted by atomic mass is 19.4. The first kappa shape index (κ1) is 27.3. The van der Waals surface area contributed by atoms with Crippen LogP contribution in [-0.2, 0) is 22.3 Å². The Hall–Kier alpha value is -2.29. The van der Waals surface area contributed by atoms with Gasteiger partial charge in [-0.25, -0.2) is 4.79 Å². The van der Waals surface area contributed by atoms with E-state index >= 15 is 0 Å². The molecule has 0 radical (unpaired) electrons. The van der Waals surface area contributed by atoms with Crippen LogP contribution in [0.15, 0.2) is 24.3 Å². The van der Waals surface area contributed by atoms with Crippen molar-refractivity contribution in [2.45, 2.75) is 83.8 Å². The first-order valence-electron chi connectivity index (χ1n) is 12.4. The van der Waals surface area contributed by atoms with E-state index in [1.165, 1.54) is 17.0 Å². The summed E-state index contributed by atoms with van der Waals surface area (Å²) in [6.07, 6.45) is -2.65. The standard InChI is InChI=1S/C26H38F3N3O3/c1-6-7-22(35-24(34)31(5)25(2,3)4)23(33)30-21-13-10-18-15-32(16-20(18)21)14-17-8-11-19(12-9-17)26(27,28)29/h8-9,11-12,18,20-22H,6-7,10,13-16H2,1-5H3,(H,30,33)/t18-,20+,21+,22+/m1/s1. The van der Waals surface area contributed by atoms with Gasteiger partial charge in [0, 0.05) is 38.3 Å². The van der Waals surface area contributed by atoms with Gasteiger partial charge in [-0.2, -0.15) is 13.2 Å². The minimum Gasteiger partial charge on any atom is -0.436 e. The third-order valence-electron chi connectivity index (χ3n) is 7.31. The fraction of sp³-hybridized carbons (Fsp3) is 0.692. The number of benzene rings is 1. The molecule has 2 fully saturated rings. The Bertz CT molecular complexity index is 883. The van der Waals surface area contributed by atoms with E-state index in [9.17, 15) is 22.8 Å². The summed E-state index contributed by atoms with van der Waals surface area (Å²) < 4.78 is 44.0. The lowest BCUT2D eigenvalue weighted by molar-refractivity contribution is -0.137. The van der Waals surface area contributed by atoms with E-state index in [-0.39, 0.29) is 17.9 Å². The van der Waals surface area contributed by atoms with E-state index in [0.717, 1.165) is 43.6 Å². The minimum absolute atomic E-state index is 0.00325. The van der Waals surface area contributed by atoms with Crippen LogP contribution in [-0.4, -0.2) is 59.6 Å². The molecule has 1 aliphatic heterocycles. The minimum atomic E-state index is -4.33. The summed E-state index contributed by atoms with van der Waals surface area (Å²) in [5.41, 5.74) is -0.210. The number of carbonyl (C=O) groups is 2. The molecule has 1 heterocycles. The molecule has 6 nitrogen and oxygen atoms in total. The van der Waals surface area contributed by atoms with E-state index in [1.807, 2.05) is 27.7 Å². The molecule has 0 aromatic heterocycles. The Morgan fingerprint density at radius 3 is 2.37 bits per heavy atom. The van der Waals surface area contributed by atoms with E-state index in [4.69, 9.17) is 4.74 Å². The lowest BCUT2D eigenvalue weighted by atomic mass is 9.97. The lowest BCUT2D eigenvalue weighted by Gasteiger charge is -2.32. The third-order valence-corrected chi connectivity index (χ3v) is 7.31. The maximum absolute atomic E-state index is 13.1. The van der Waals surface area contributed by atoms with Crippen molar-refractivity contribution in [1.82, 2.24) is 15.1 Å². The maximum Gasteiger partial charge on any atom is 0.416 e. The molecule has 4 atom stereocenters. The van der Waals surface area contributed by atoms with Crippen LogP contribution >= 0.6 is 0 Å². The molecule has 1 N–H and O–H groups in total. The Kier molecular flexibility index (Phi) is 8.40. The highest BCUT2D eigenvalue weighted by molar-refractivity contribution is 5.83. The molecule has 0 bridgehead atoms. The molecule has 196 valence electrons. The number of nitrogens with one attached hydrogen (secondary N) is 1. The molecule has 35 heavy (non-hydrogen) atoms. The summed E-state index contributed by atoms with van der Waals surface area (Å²) in [5.74, 6) is 0.465. The smallest absolute Gasteiger partial charge is 0.416 e. The van der Waals surface area contributed by atoms with Gasteiger partial charge in [0.25, 0.3) is 5.91 Å². The van der Waals surface area contributed by atoms with Crippen LogP contribution in [0.2, 0.25) is 0 Å². The zero-order chi connectivity index (χ0) is 26.0. The summed E-state index contributed by atoms with van der Waals surface area (Å²) in [4.78, 5) is 29.3. The summed E-state index contributed by atoms with van der Waals surface area (Å²) >= 11 is 0. The SMILES string of the molecule is CCC[C@H](OC(=O)N(C)C(C)(C)C)C(=O)N[C@H]1CC[C@@H]2CN(Cc3ccc(C(F)(F)F)cc3)C[C@@H]21. The van der Waals surface area contributed by atoms with Crippen LogP contribution in [0.4, 0.5) is 18.0 Å². The fourth-order valence-electron chi connectivity index (χ4n) is 4.98. The number of ether oxygens (including phenoxy) is 1. The van der Waals surface area contributed by atoms with E-state index in [2.05, 4.69) is 10.2 Å². The number of rotatable bonds is 7. The second-order valence-corrected chi connectivity index (χ2v) is 10.9. The molecule has 9 heteroatoms. The van der Waals surface area contributed by atoms with Crippen LogP contribution in [0.25, 0.3) is 0 Å². The van der Waals surface area contributed by atoms with Gasteiger partial charge in [0.05, 0.1) is 5.56 Å². The van der Waals surface area contributed by atoms with Crippen molar-refractivity contribution in [3.63, 3.8) is 0 Å². The van der Waals surface area contributed by atoms with Crippen LogP contribution in [0, 0.1) is 11.8 Å². The topological polar surface area (TPSA) is 61.9 Å². The Balaban J connectivity index is 1.56. The van der Waals surface area contributed by atoms with Crippen molar-refractivity contribution >= 4 is 12.0 Å². The highest BCUT2D eigenvalue weighted by Gasteiger charge is 2.44. The molecule has 1 aromatic rings. The largest absolute Gasteiger partial charge is 0.436 e. The molecule has 0 unspecified atom stereocenters. The van der Waals surface area contributed by atoms with E-state index < -0.39 is 29.5 Å². The molecular formula is C26H38F3N3O3. The average molecular weight is 498 g/mol. The summed E-state index contributed by atoms with van der Waals surface area (Å²) in [6.45, 7) is 9.88. The summed E-state index contributed by atoms with van der Waals surface area (Å²) in [5, 5.41) is 3.14. The van der Waals surface area contributed by atoms with Crippen LogP contribution < -0.4 is 5.32 Å². The first-order valence-corrected chi connectivity index (χ1v) is 12.4. The van der Waals surface area contributed by atoms with Gasteiger partial charge in [-0.15, -0.1) is 0 Å². The summed E-state index contributed by atoms with van der Waals surface area (Å²) in [6, 6.07) is 5.33. The number of amides is 2. The number of fused-ring (bicyclic) bond motifs is 1. The van der Waals surface area contributed by atoms with Crippen molar-refractivity contribution in [1.29, 1.82) is 0 Å². The Morgan fingerprint density at radius 1 is 1.14 bits per heavy atom. The molecule has 1 saturated carbocycles. The first-order chi connectivity index (χ1) is 16.3. The quantitative estimate of drug-likeness (QED) is 0.572. The second kappa shape index (κ2) is 10.8. The molecule has 2 aliphatic rings. The molecule has 2 amide bonds. The van der Waals surface area contributed by atoms with Gasteiger partial charge < -0.3 is 15.0 Å². The van der Waals surface area contributed by atoms with E-state index in [1.54, 1.807) is 7.05 Å². The number of nitrogens with zero attached hydrogens (tertiary/aromatic N) is 2. The van der Waals surface area contributed by atoms with Crippen LogP contribution in [0.5, 0.6) is 0 Å². The summed E-state index contributed by atoms with van der Waals surface area (Å²) in [7, 11) is 1.66. The van der Waals surface area contributed by atoms with Crippen molar-refractivity contribution in [2.24, 2.45) is 11.8 Å². The monoisotopic (exact) mass is 497 g/mol.